The lowest BCUT2D eigenvalue weighted by atomic mass is 10.1. The first-order valence-corrected chi connectivity index (χ1v) is 10.4. The molecule has 8 heteroatoms. The van der Waals surface area contributed by atoms with E-state index in [0.29, 0.717) is 23.7 Å². The second kappa shape index (κ2) is 8.67. The molecule has 0 unspecified atom stereocenters. The summed E-state index contributed by atoms with van der Waals surface area (Å²) in [5.41, 5.74) is 2.34. The highest BCUT2D eigenvalue weighted by atomic mass is 16.5. The van der Waals surface area contributed by atoms with Crippen molar-refractivity contribution in [2.45, 2.75) is 38.8 Å². The number of hydrogen-bond donors (Lipinski definition) is 2. The van der Waals surface area contributed by atoms with Gasteiger partial charge in [0.1, 0.15) is 11.8 Å². The maximum Gasteiger partial charge on any atom is 0.338 e. The van der Waals surface area contributed by atoms with Crippen LogP contribution in [0.25, 0.3) is 0 Å². The van der Waals surface area contributed by atoms with Crippen LogP contribution in [0, 0.1) is 0 Å². The highest BCUT2D eigenvalue weighted by Crippen LogP contribution is 2.37. The molecule has 1 fully saturated rings. The molecule has 0 radical (unpaired) electrons. The minimum Gasteiger partial charge on any atom is -0.494 e. The van der Waals surface area contributed by atoms with Gasteiger partial charge in [-0.15, -0.1) is 0 Å². The molecule has 2 aliphatic rings. The van der Waals surface area contributed by atoms with Crippen LogP contribution in [0.2, 0.25) is 0 Å². The van der Waals surface area contributed by atoms with Crippen LogP contribution in [0.5, 0.6) is 5.75 Å². The van der Waals surface area contributed by atoms with Gasteiger partial charge in [0, 0.05) is 12.2 Å². The maximum atomic E-state index is 12.6. The van der Waals surface area contributed by atoms with Crippen LogP contribution in [-0.2, 0) is 14.3 Å². The summed E-state index contributed by atoms with van der Waals surface area (Å²) >= 11 is 0. The van der Waals surface area contributed by atoms with E-state index in [9.17, 15) is 14.4 Å². The molecule has 1 saturated heterocycles. The van der Waals surface area contributed by atoms with Crippen LogP contribution in [0.15, 0.2) is 42.5 Å². The standard InChI is InChI=1S/C23H25N3O5/c1-3-30-17-9-7-16(8-10-17)24-21(27)14(2)31-23(29)15-6-11-19-18(13-15)25-22(28)20-5-4-12-26(19)20/h6-11,13-14,20H,3-5,12H2,1-2H3,(H,24,27)(H,25,28)/t14-,20+/m1/s1. The number of carbonyl (C=O) groups is 3. The van der Waals surface area contributed by atoms with Crippen LogP contribution < -0.4 is 20.3 Å². The third-order valence-electron chi connectivity index (χ3n) is 5.44. The van der Waals surface area contributed by atoms with Crippen LogP contribution in [0.1, 0.15) is 37.0 Å². The smallest absolute Gasteiger partial charge is 0.338 e. The van der Waals surface area contributed by atoms with Crippen LogP contribution in [-0.4, -0.2) is 43.1 Å². The average Bonchev–Trinajstić information content (AvgIpc) is 3.26. The number of hydrogen-bond acceptors (Lipinski definition) is 6. The molecule has 2 aliphatic heterocycles. The fraction of sp³-hybridized carbons (Fsp3) is 0.348. The van der Waals surface area contributed by atoms with Crippen LogP contribution >= 0.6 is 0 Å². The Morgan fingerprint density at radius 2 is 2.00 bits per heavy atom. The van der Waals surface area contributed by atoms with Crippen molar-refractivity contribution in [3.05, 3.63) is 48.0 Å². The van der Waals surface area contributed by atoms with Gasteiger partial charge in [0.2, 0.25) is 5.91 Å². The number of fused-ring (bicyclic) bond motifs is 3. The van der Waals surface area contributed by atoms with Gasteiger partial charge in [-0.05, 0) is 69.2 Å². The Kier molecular flexibility index (Phi) is 5.79. The zero-order valence-electron chi connectivity index (χ0n) is 17.5. The normalized spacial score (nSPS) is 17.8. The van der Waals surface area contributed by atoms with Crippen molar-refractivity contribution in [1.82, 2.24) is 0 Å². The number of esters is 1. The molecule has 0 aromatic heterocycles. The van der Waals surface area contributed by atoms with Crippen molar-refractivity contribution in [3.63, 3.8) is 0 Å². The van der Waals surface area contributed by atoms with Gasteiger partial charge in [0.05, 0.1) is 23.5 Å². The topological polar surface area (TPSA) is 97.0 Å². The van der Waals surface area contributed by atoms with E-state index in [2.05, 4.69) is 15.5 Å². The molecule has 0 spiro atoms. The molecule has 31 heavy (non-hydrogen) atoms. The lowest BCUT2D eigenvalue weighted by molar-refractivity contribution is -0.123. The zero-order chi connectivity index (χ0) is 22.0. The molecule has 2 amide bonds. The van der Waals surface area contributed by atoms with E-state index in [1.807, 2.05) is 13.0 Å². The molecule has 0 bridgehead atoms. The van der Waals surface area contributed by atoms with E-state index >= 15 is 0 Å². The predicted octanol–water partition coefficient (Wildman–Crippen LogP) is 3.19. The summed E-state index contributed by atoms with van der Waals surface area (Å²) in [6.07, 6.45) is 0.797. The number of benzene rings is 2. The van der Waals surface area contributed by atoms with Gasteiger partial charge >= 0.3 is 5.97 Å². The highest BCUT2D eigenvalue weighted by molar-refractivity contribution is 6.05. The molecule has 2 aromatic carbocycles. The number of ether oxygens (including phenoxy) is 2. The summed E-state index contributed by atoms with van der Waals surface area (Å²) in [5.74, 6) is -0.419. The second-order valence-electron chi connectivity index (χ2n) is 7.57. The quantitative estimate of drug-likeness (QED) is 0.693. The number of amides is 2. The van der Waals surface area contributed by atoms with Crippen molar-refractivity contribution in [2.24, 2.45) is 0 Å². The van der Waals surface area contributed by atoms with E-state index in [4.69, 9.17) is 9.47 Å². The minimum atomic E-state index is -0.993. The first-order chi connectivity index (χ1) is 15.0. The van der Waals surface area contributed by atoms with Crippen molar-refractivity contribution in [1.29, 1.82) is 0 Å². The lowest BCUT2D eigenvalue weighted by Gasteiger charge is -2.33. The van der Waals surface area contributed by atoms with Gasteiger partial charge in [-0.2, -0.15) is 0 Å². The maximum absolute atomic E-state index is 12.6. The fourth-order valence-electron chi connectivity index (χ4n) is 3.88. The van der Waals surface area contributed by atoms with E-state index in [1.165, 1.54) is 6.92 Å². The van der Waals surface area contributed by atoms with E-state index in [-0.39, 0.29) is 17.5 Å². The number of carbonyl (C=O) groups excluding carboxylic acids is 3. The number of anilines is 3. The Balaban J connectivity index is 1.39. The third kappa shape index (κ3) is 4.33. The molecule has 4 rings (SSSR count). The van der Waals surface area contributed by atoms with Gasteiger partial charge in [-0.1, -0.05) is 0 Å². The molecule has 0 aliphatic carbocycles. The summed E-state index contributed by atoms with van der Waals surface area (Å²) in [6, 6.07) is 11.9. The molecule has 2 aromatic rings. The Morgan fingerprint density at radius 3 is 2.74 bits per heavy atom. The molecule has 162 valence electrons. The average molecular weight is 423 g/mol. The molecule has 0 saturated carbocycles. The van der Waals surface area contributed by atoms with Gasteiger partial charge in [-0.25, -0.2) is 4.79 Å². The molecule has 2 N–H and O–H groups in total. The van der Waals surface area contributed by atoms with E-state index in [1.54, 1.807) is 36.4 Å². The van der Waals surface area contributed by atoms with Crippen molar-refractivity contribution < 1.29 is 23.9 Å². The summed E-state index contributed by atoms with van der Waals surface area (Å²) in [5, 5.41) is 5.58. The predicted molar refractivity (Wildman–Crippen MR) is 117 cm³/mol. The lowest BCUT2D eigenvalue weighted by Crippen LogP contribution is -2.43. The van der Waals surface area contributed by atoms with Gasteiger partial charge in [-0.3, -0.25) is 9.59 Å². The summed E-state index contributed by atoms with van der Waals surface area (Å²) < 4.78 is 10.7. The molecular formula is C23H25N3O5. The van der Waals surface area contributed by atoms with Crippen LogP contribution in [0.3, 0.4) is 0 Å². The first kappa shape index (κ1) is 20.7. The largest absolute Gasteiger partial charge is 0.494 e. The summed E-state index contributed by atoms with van der Waals surface area (Å²) in [4.78, 5) is 39.3. The monoisotopic (exact) mass is 423 g/mol. The summed E-state index contributed by atoms with van der Waals surface area (Å²) in [7, 11) is 0. The van der Waals surface area contributed by atoms with Gasteiger partial charge < -0.3 is 25.0 Å². The molecular weight excluding hydrogens is 398 g/mol. The minimum absolute atomic E-state index is 0.0568. The van der Waals surface area contributed by atoms with E-state index in [0.717, 1.165) is 25.1 Å². The number of rotatable bonds is 6. The zero-order valence-corrected chi connectivity index (χ0v) is 17.5. The third-order valence-corrected chi connectivity index (χ3v) is 5.44. The van der Waals surface area contributed by atoms with Crippen molar-refractivity contribution in [2.75, 3.05) is 28.7 Å². The van der Waals surface area contributed by atoms with Gasteiger partial charge in [0.15, 0.2) is 6.10 Å². The Bertz CT molecular complexity index is 1000. The van der Waals surface area contributed by atoms with E-state index < -0.39 is 18.0 Å². The summed E-state index contributed by atoms with van der Waals surface area (Å²) in [6.45, 7) is 4.78. The van der Waals surface area contributed by atoms with Gasteiger partial charge in [0.25, 0.3) is 5.91 Å². The molecule has 2 heterocycles. The highest BCUT2D eigenvalue weighted by Gasteiger charge is 2.36. The second-order valence-corrected chi connectivity index (χ2v) is 7.57. The van der Waals surface area contributed by atoms with Crippen molar-refractivity contribution in [3.8, 4) is 5.75 Å². The fourth-order valence-corrected chi connectivity index (χ4v) is 3.88. The number of nitrogens with one attached hydrogen (secondary N) is 2. The number of nitrogens with zero attached hydrogens (tertiary/aromatic N) is 1. The van der Waals surface area contributed by atoms with Crippen LogP contribution in [0.4, 0.5) is 17.1 Å². The first-order valence-electron chi connectivity index (χ1n) is 10.4. The molecule has 8 nitrogen and oxygen atoms in total. The Labute approximate surface area is 180 Å². The van der Waals surface area contributed by atoms with Crippen molar-refractivity contribution >= 4 is 34.8 Å². The Hall–Kier alpha value is -3.55. The molecule has 2 atom stereocenters. The SMILES string of the molecule is CCOc1ccc(NC(=O)[C@@H](C)OC(=O)c2ccc3c(c2)NC(=O)[C@@H]2CCCN32)cc1. The Morgan fingerprint density at radius 1 is 1.23 bits per heavy atom.